The summed E-state index contributed by atoms with van der Waals surface area (Å²) >= 11 is 5.79. The first kappa shape index (κ1) is 13.3. The first-order valence-electron chi connectivity index (χ1n) is 5.01. The van der Waals surface area contributed by atoms with Crippen molar-refractivity contribution in [2.45, 2.75) is 26.4 Å². The Hall–Kier alpha value is -1.73. The zero-order chi connectivity index (χ0) is 13.1. The summed E-state index contributed by atoms with van der Waals surface area (Å²) in [6.45, 7) is 5.28. The molecule has 0 aliphatic carbocycles. The van der Waals surface area contributed by atoms with Gasteiger partial charge in [-0.1, -0.05) is 11.6 Å². The molecule has 0 saturated carbocycles. The number of nitrogens with one attached hydrogen (secondary N) is 1. The molecule has 1 aromatic rings. The summed E-state index contributed by atoms with van der Waals surface area (Å²) in [6, 6.07) is 6.59. The summed E-state index contributed by atoms with van der Waals surface area (Å²) in [7, 11) is 0. The lowest BCUT2D eigenvalue weighted by molar-refractivity contribution is 0.0636. The molecule has 0 bridgehead atoms. The third-order valence-electron chi connectivity index (χ3n) is 1.74. The van der Waals surface area contributed by atoms with Crippen LogP contribution in [0.3, 0.4) is 0 Å². The number of halogens is 1. The van der Waals surface area contributed by atoms with Crippen molar-refractivity contribution >= 4 is 23.4 Å². The zero-order valence-electron chi connectivity index (χ0n) is 9.87. The van der Waals surface area contributed by atoms with Gasteiger partial charge >= 0.3 is 6.09 Å². The lowest BCUT2D eigenvalue weighted by Crippen LogP contribution is -2.27. The minimum absolute atomic E-state index is 0.334. The summed E-state index contributed by atoms with van der Waals surface area (Å²) in [6.07, 6.45) is -0.615. The van der Waals surface area contributed by atoms with E-state index in [1.54, 1.807) is 26.8 Å². The van der Waals surface area contributed by atoms with Gasteiger partial charge in [0.05, 0.1) is 11.3 Å². The second kappa shape index (κ2) is 5.07. The van der Waals surface area contributed by atoms with E-state index in [0.717, 1.165) is 0 Å². The lowest BCUT2D eigenvalue weighted by atomic mass is 10.2. The smallest absolute Gasteiger partial charge is 0.412 e. The van der Waals surface area contributed by atoms with Crippen molar-refractivity contribution in [3.8, 4) is 6.07 Å². The van der Waals surface area contributed by atoms with Crippen molar-refractivity contribution in [1.29, 1.82) is 5.26 Å². The summed E-state index contributed by atoms with van der Waals surface area (Å²) in [5.74, 6) is 0. The highest BCUT2D eigenvalue weighted by molar-refractivity contribution is 6.31. The van der Waals surface area contributed by atoms with Crippen LogP contribution >= 0.6 is 11.6 Å². The maximum Gasteiger partial charge on any atom is 0.412 e. The fourth-order valence-corrected chi connectivity index (χ4v) is 1.30. The minimum Gasteiger partial charge on any atom is -0.444 e. The minimum atomic E-state index is -0.615. The standard InChI is InChI=1S/C12H13ClN2O2/c1-12(2,3)17-11(16)15-10-6-9(13)5-4-8(10)7-14/h4-6H,1-3H3,(H,15,16). The van der Waals surface area contributed by atoms with Gasteiger partial charge in [0.15, 0.2) is 0 Å². The Kier molecular flexibility index (Phi) is 3.97. The highest BCUT2D eigenvalue weighted by Crippen LogP contribution is 2.21. The van der Waals surface area contributed by atoms with Crippen molar-refractivity contribution in [3.63, 3.8) is 0 Å². The van der Waals surface area contributed by atoms with Crippen molar-refractivity contribution in [2.75, 3.05) is 5.32 Å². The molecule has 0 fully saturated rings. The maximum absolute atomic E-state index is 11.5. The predicted molar refractivity (Wildman–Crippen MR) is 66.0 cm³/mol. The molecular formula is C12H13ClN2O2. The van der Waals surface area contributed by atoms with E-state index >= 15 is 0 Å². The molecule has 0 spiro atoms. The highest BCUT2D eigenvalue weighted by Gasteiger charge is 2.17. The molecule has 90 valence electrons. The van der Waals surface area contributed by atoms with Crippen molar-refractivity contribution in [2.24, 2.45) is 0 Å². The molecule has 0 aliphatic rings. The van der Waals surface area contributed by atoms with Gasteiger partial charge in [0, 0.05) is 5.02 Å². The van der Waals surface area contributed by atoms with Crippen LogP contribution in [-0.2, 0) is 4.74 Å². The van der Waals surface area contributed by atoms with Crippen LogP contribution in [-0.4, -0.2) is 11.7 Å². The number of hydrogen-bond donors (Lipinski definition) is 1. The van der Waals surface area contributed by atoms with E-state index < -0.39 is 11.7 Å². The number of hydrogen-bond acceptors (Lipinski definition) is 3. The van der Waals surface area contributed by atoms with E-state index in [1.807, 2.05) is 6.07 Å². The molecule has 0 unspecified atom stereocenters. The molecule has 1 amide bonds. The molecule has 0 aromatic heterocycles. The molecule has 0 heterocycles. The molecular weight excluding hydrogens is 240 g/mol. The topological polar surface area (TPSA) is 62.1 Å². The third kappa shape index (κ3) is 4.33. The second-order valence-corrected chi connectivity index (χ2v) is 4.87. The van der Waals surface area contributed by atoms with Crippen LogP contribution in [0.15, 0.2) is 18.2 Å². The van der Waals surface area contributed by atoms with Gasteiger partial charge in [0.25, 0.3) is 0 Å². The van der Waals surface area contributed by atoms with Crippen LogP contribution in [0.2, 0.25) is 5.02 Å². The average molecular weight is 253 g/mol. The number of carbonyl (C=O) groups excluding carboxylic acids is 1. The molecule has 5 heteroatoms. The van der Waals surface area contributed by atoms with Crippen molar-refractivity contribution in [1.82, 2.24) is 0 Å². The summed E-state index contributed by atoms with van der Waals surface area (Å²) in [4.78, 5) is 11.5. The van der Waals surface area contributed by atoms with Gasteiger partial charge in [-0.2, -0.15) is 5.26 Å². The van der Waals surface area contributed by atoms with Crippen LogP contribution in [0.4, 0.5) is 10.5 Å². The van der Waals surface area contributed by atoms with Gasteiger partial charge in [-0.05, 0) is 39.0 Å². The number of ether oxygens (including phenoxy) is 1. The summed E-state index contributed by atoms with van der Waals surface area (Å²) in [5.41, 5.74) is 0.0876. The monoisotopic (exact) mass is 252 g/mol. The van der Waals surface area contributed by atoms with Crippen LogP contribution in [0.25, 0.3) is 0 Å². The van der Waals surface area contributed by atoms with Gasteiger partial charge in [-0.3, -0.25) is 5.32 Å². The molecule has 17 heavy (non-hydrogen) atoms. The van der Waals surface area contributed by atoms with Gasteiger partial charge in [-0.15, -0.1) is 0 Å². The van der Waals surface area contributed by atoms with E-state index in [2.05, 4.69) is 5.32 Å². The molecule has 1 aromatic carbocycles. The molecule has 0 radical (unpaired) electrons. The van der Waals surface area contributed by atoms with Crippen molar-refractivity contribution in [3.05, 3.63) is 28.8 Å². The highest BCUT2D eigenvalue weighted by atomic mass is 35.5. The SMILES string of the molecule is CC(C)(C)OC(=O)Nc1cc(Cl)ccc1C#N. The average Bonchev–Trinajstić information content (AvgIpc) is 2.14. The molecule has 4 nitrogen and oxygen atoms in total. The largest absolute Gasteiger partial charge is 0.444 e. The van der Waals surface area contributed by atoms with E-state index in [1.165, 1.54) is 12.1 Å². The normalized spacial score (nSPS) is 10.5. The number of benzene rings is 1. The summed E-state index contributed by atoms with van der Waals surface area (Å²) in [5, 5.41) is 11.8. The Bertz CT molecular complexity index is 472. The van der Waals surface area contributed by atoms with Crippen LogP contribution < -0.4 is 5.32 Å². The Balaban J connectivity index is 2.85. The van der Waals surface area contributed by atoms with Crippen molar-refractivity contribution < 1.29 is 9.53 Å². The van der Waals surface area contributed by atoms with Gasteiger partial charge in [0.2, 0.25) is 0 Å². The van der Waals surface area contributed by atoms with E-state index in [4.69, 9.17) is 21.6 Å². The van der Waals surface area contributed by atoms with Crippen LogP contribution in [0.1, 0.15) is 26.3 Å². The number of anilines is 1. The molecule has 1 rings (SSSR count). The fourth-order valence-electron chi connectivity index (χ4n) is 1.13. The third-order valence-corrected chi connectivity index (χ3v) is 1.97. The van der Waals surface area contributed by atoms with E-state index in [0.29, 0.717) is 16.3 Å². The first-order valence-corrected chi connectivity index (χ1v) is 5.39. The lowest BCUT2D eigenvalue weighted by Gasteiger charge is -2.19. The number of nitrogens with zero attached hydrogens (tertiary/aromatic N) is 1. The summed E-state index contributed by atoms with van der Waals surface area (Å²) < 4.78 is 5.08. The second-order valence-electron chi connectivity index (χ2n) is 4.43. The maximum atomic E-state index is 11.5. The Morgan fingerprint density at radius 2 is 2.12 bits per heavy atom. The van der Waals surface area contributed by atoms with Crippen LogP contribution in [0.5, 0.6) is 0 Å². The quantitative estimate of drug-likeness (QED) is 0.831. The number of nitriles is 1. The Labute approximate surface area is 105 Å². The molecule has 0 atom stereocenters. The Morgan fingerprint density at radius 1 is 1.47 bits per heavy atom. The van der Waals surface area contributed by atoms with Gasteiger partial charge in [-0.25, -0.2) is 4.79 Å². The first-order chi connectivity index (χ1) is 7.81. The number of amides is 1. The Morgan fingerprint density at radius 3 is 2.65 bits per heavy atom. The number of rotatable bonds is 1. The van der Waals surface area contributed by atoms with E-state index in [-0.39, 0.29) is 0 Å². The van der Waals surface area contributed by atoms with Crippen LogP contribution in [0, 0.1) is 11.3 Å². The molecule has 0 saturated heterocycles. The van der Waals surface area contributed by atoms with Gasteiger partial charge in [0.1, 0.15) is 11.7 Å². The molecule has 0 aliphatic heterocycles. The zero-order valence-corrected chi connectivity index (χ0v) is 10.6. The van der Waals surface area contributed by atoms with E-state index in [9.17, 15) is 4.79 Å². The predicted octanol–water partition coefficient (Wildman–Crippen LogP) is 3.56. The van der Waals surface area contributed by atoms with Gasteiger partial charge < -0.3 is 4.74 Å². The molecule has 1 N–H and O–H groups in total. The fraction of sp³-hybridized carbons (Fsp3) is 0.333. The number of carbonyl (C=O) groups is 1.